The predicted octanol–water partition coefficient (Wildman–Crippen LogP) is 5.99. The number of hydrogen-bond acceptors (Lipinski definition) is 3. The smallest absolute Gasteiger partial charge is 0.411 e. The van der Waals surface area contributed by atoms with Crippen LogP contribution < -0.4 is 4.74 Å². The first-order chi connectivity index (χ1) is 13.9. The quantitative estimate of drug-likeness (QED) is 0.590. The van der Waals surface area contributed by atoms with E-state index in [1.54, 1.807) is 0 Å². The maximum atomic E-state index is 12.8. The average molecular weight is 392 g/mol. The van der Waals surface area contributed by atoms with Gasteiger partial charge >= 0.3 is 6.09 Å². The highest BCUT2D eigenvalue weighted by Crippen LogP contribution is 2.41. The molecule has 0 aliphatic carbocycles. The standard InChI is InChI=1S/C25H29NO3/c1-25(2,3)29-24(27)26-17-8-7-13-21(26)19-12-9-14-23-20(19)15-16-22(28-23)18-10-5-4-6-11-18/h4-12,14,21-22H,13,15-17H2,1-3H3. The van der Waals surface area contributed by atoms with Crippen molar-refractivity contribution in [1.29, 1.82) is 0 Å². The van der Waals surface area contributed by atoms with Gasteiger partial charge in [-0.25, -0.2) is 4.79 Å². The highest BCUT2D eigenvalue weighted by molar-refractivity contribution is 5.69. The van der Waals surface area contributed by atoms with Gasteiger partial charge in [-0.2, -0.15) is 0 Å². The molecule has 4 nitrogen and oxygen atoms in total. The Morgan fingerprint density at radius 3 is 2.62 bits per heavy atom. The highest BCUT2D eigenvalue weighted by Gasteiger charge is 2.33. The lowest BCUT2D eigenvalue weighted by Gasteiger charge is -2.37. The molecule has 0 saturated carbocycles. The maximum absolute atomic E-state index is 12.8. The Morgan fingerprint density at radius 2 is 1.86 bits per heavy atom. The van der Waals surface area contributed by atoms with E-state index in [9.17, 15) is 4.79 Å². The summed E-state index contributed by atoms with van der Waals surface area (Å²) in [7, 11) is 0. The number of carbonyl (C=O) groups is 1. The monoisotopic (exact) mass is 391 g/mol. The Bertz CT molecular complexity index is 898. The third-order valence-corrected chi connectivity index (χ3v) is 5.46. The van der Waals surface area contributed by atoms with Crippen molar-refractivity contribution < 1.29 is 14.3 Å². The van der Waals surface area contributed by atoms with Crippen LogP contribution in [0.5, 0.6) is 5.75 Å². The lowest BCUT2D eigenvalue weighted by molar-refractivity contribution is 0.0174. The van der Waals surface area contributed by atoms with Gasteiger partial charge in [0.1, 0.15) is 17.5 Å². The van der Waals surface area contributed by atoms with Crippen LogP contribution >= 0.6 is 0 Å². The molecule has 1 amide bonds. The Hall–Kier alpha value is -2.75. The molecule has 2 aromatic carbocycles. The van der Waals surface area contributed by atoms with Gasteiger partial charge in [0.05, 0.1) is 6.04 Å². The number of fused-ring (bicyclic) bond motifs is 1. The van der Waals surface area contributed by atoms with E-state index in [1.807, 2.05) is 49.9 Å². The summed E-state index contributed by atoms with van der Waals surface area (Å²) < 4.78 is 12.0. The van der Waals surface area contributed by atoms with Crippen LogP contribution in [0, 0.1) is 0 Å². The zero-order valence-electron chi connectivity index (χ0n) is 17.4. The van der Waals surface area contributed by atoms with E-state index in [-0.39, 0.29) is 18.2 Å². The Kier molecular flexibility index (Phi) is 5.35. The number of hydrogen-bond donors (Lipinski definition) is 0. The molecule has 2 heterocycles. The van der Waals surface area contributed by atoms with Crippen LogP contribution in [0.1, 0.15) is 62.4 Å². The average Bonchev–Trinajstić information content (AvgIpc) is 2.72. The zero-order valence-corrected chi connectivity index (χ0v) is 17.4. The van der Waals surface area contributed by atoms with Gasteiger partial charge in [0.15, 0.2) is 0 Å². The first-order valence-corrected chi connectivity index (χ1v) is 10.4. The number of ether oxygens (including phenoxy) is 2. The zero-order chi connectivity index (χ0) is 20.4. The number of amides is 1. The molecule has 0 bridgehead atoms. The Morgan fingerprint density at radius 1 is 1.07 bits per heavy atom. The highest BCUT2D eigenvalue weighted by atomic mass is 16.6. The summed E-state index contributed by atoms with van der Waals surface area (Å²) in [6.45, 7) is 6.28. The largest absolute Gasteiger partial charge is 0.485 e. The van der Waals surface area contributed by atoms with Crippen molar-refractivity contribution in [3.05, 3.63) is 77.4 Å². The number of carbonyl (C=O) groups excluding carboxylic acids is 1. The summed E-state index contributed by atoms with van der Waals surface area (Å²) in [4.78, 5) is 14.7. The second kappa shape index (κ2) is 7.94. The van der Waals surface area contributed by atoms with Gasteiger partial charge in [-0.15, -0.1) is 0 Å². The molecule has 0 N–H and O–H groups in total. The first-order valence-electron chi connectivity index (χ1n) is 10.4. The van der Waals surface area contributed by atoms with Crippen molar-refractivity contribution in [2.24, 2.45) is 0 Å². The molecule has 0 radical (unpaired) electrons. The van der Waals surface area contributed by atoms with Crippen molar-refractivity contribution in [2.45, 2.75) is 57.8 Å². The molecule has 152 valence electrons. The van der Waals surface area contributed by atoms with Crippen molar-refractivity contribution in [2.75, 3.05) is 6.54 Å². The van der Waals surface area contributed by atoms with Gasteiger partial charge in [0.25, 0.3) is 0 Å². The third kappa shape index (κ3) is 4.31. The molecule has 0 fully saturated rings. The van der Waals surface area contributed by atoms with Crippen LogP contribution in [0.2, 0.25) is 0 Å². The van der Waals surface area contributed by atoms with E-state index in [1.165, 1.54) is 16.7 Å². The van der Waals surface area contributed by atoms with E-state index in [2.05, 4.69) is 36.4 Å². The molecular formula is C25H29NO3. The van der Waals surface area contributed by atoms with Gasteiger partial charge < -0.3 is 9.47 Å². The van der Waals surface area contributed by atoms with Gasteiger partial charge in [-0.05, 0) is 62.8 Å². The third-order valence-electron chi connectivity index (χ3n) is 5.46. The van der Waals surface area contributed by atoms with Crippen LogP contribution in [-0.4, -0.2) is 23.1 Å². The van der Waals surface area contributed by atoms with Crippen LogP contribution in [0.3, 0.4) is 0 Å². The van der Waals surface area contributed by atoms with Crippen molar-refractivity contribution in [3.63, 3.8) is 0 Å². The second-order valence-corrected chi connectivity index (χ2v) is 8.74. The van der Waals surface area contributed by atoms with Crippen LogP contribution in [0.4, 0.5) is 4.79 Å². The molecule has 4 rings (SSSR count). The summed E-state index contributed by atoms with van der Waals surface area (Å²) >= 11 is 0. The minimum absolute atomic E-state index is 0.0262. The van der Waals surface area contributed by atoms with Gasteiger partial charge in [0.2, 0.25) is 0 Å². The second-order valence-electron chi connectivity index (χ2n) is 8.74. The van der Waals surface area contributed by atoms with E-state index < -0.39 is 5.60 Å². The molecule has 4 heteroatoms. The molecule has 2 aliphatic heterocycles. The van der Waals surface area contributed by atoms with Gasteiger partial charge in [-0.1, -0.05) is 54.6 Å². The fourth-order valence-electron chi connectivity index (χ4n) is 4.15. The van der Waals surface area contributed by atoms with Gasteiger partial charge in [0, 0.05) is 6.54 Å². The van der Waals surface area contributed by atoms with Crippen LogP contribution in [-0.2, 0) is 11.2 Å². The van der Waals surface area contributed by atoms with Crippen LogP contribution in [0.15, 0.2) is 60.7 Å². The van der Waals surface area contributed by atoms with Crippen molar-refractivity contribution in [3.8, 4) is 5.75 Å². The van der Waals surface area contributed by atoms with E-state index in [4.69, 9.17) is 9.47 Å². The first kappa shape index (κ1) is 19.6. The Labute approximate surface area is 173 Å². The molecular weight excluding hydrogens is 362 g/mol. The molecule has 29 heavy (non-hydrogen) atoms. The molecule has 2 aromatic rings. The SMILES string of the molecule is CC(C)(C)OC(=O)N1CC=CCC1c1cccc2c1CCC(c1ccccc1)O2. The van der Waals surface area contributed by atoms with Gasteiger partial charge in [-0.3, -0.25) is 4.90 Å². The molecule has 0 spiro atoms. The van der Waals surface area contributed by atoms with Crippen LogP contribution in [0.25, 0.3) is 0 Å². The van der Waals surface area contributed by atoms with Crippen molar-refractivity contribution in [1.82, 2.24) is 4.90 Å². The minimum atomic E-state index is -0.509. The fraction of sp³-hybridized carbons (Fsp3) is 0.400. The van der Waals surface area contributed by atoms with Crippen molar-refractivity contribution >= 4 is 6.09 Å². The van der Waals surface area contributed by atoms with E-state index in [0.717, 1.165) is 25.0 Å². The summed E-state index contributed by atoms with van der Waals surface area (Å²) in [5, 5.41) is 0. The topological polar surface area (TPSA) is 38.8 Å². The number of benzene rings is 2. The predicted molar refractivity (Wildman–Crippen MR) is 114 cm³/mol. The molecule has 0 saturated heterocycles. The fourth-order valence-corrected chi connectivity index (χ4v) is 4.15. The molecule has 2 atom stereocenters. The molecule has 2 aliphatic rings. The van der Waals surface area contributed by atoms with E-state index >= 15 is 0 Å². The Balaban J connectivity index is 1.61. The summed E-state index contributed by atoms with van der Waals surface area (Å²) in [5.74, 6) is 0.932. The summed E-state index contributed by atoms with van der Waals surface area (Å²) in [6.07, 6.45) is 6.67. The normalized spacial score (nSPS) is 21.3. The van der Waals surface area contributed by atoms with E-state index in [0.29, 0.717) is 6.54 Å². The maximum Gasteiger partial charge on any atom is 0.411 e. The molecule has 0 aromatic heterocycles. The lowest BCUT2D eigenvalue weighted by atomic mass is 9.89. The lowest BCUT2D eigenvalue weighted by Crippen LogP contribution is -2.41. The number of nitrogens with zero attached hydrogens (tertiary/aromatic N) is 1. The number of rotatable bonds is 2. The summed E-state index contributed by atoms with van der Waals surface area (Å²) in [6, 6.07) is 16.6. The molecule has 2 unspecified atom stereocenters. The minimum Gasteiger partial charge on any atom is -0.485 e. The summed E-state index contributed by atoms with van der Waals surface area (Å²) in [5.41, 5.74) is 3.09.